The molecule has 0 aliphatic heterocycles. The lowest BCUT2D eigenvalue weighted by molar-refractivity contribution is -0.119. The van der Waals surface area contributed by atoms with Crippen LogP contribution in [0.2, 0.25) is 0 Å². The third kappa shape index (κ3) is 3.25. The fourth-order valence-electron chi connectivity index (χ4n) is 2.30. The van der Waals surface area contributed by atoms with E-state index in [1.807, 2.05) is 31.2 Å². The van der Waals surface area contributed by atoms with Gasteiger partial charge in [-0.25, -0.2) is 0 Å². The number of Topliss-reactive ketones (excluding diaryl/α,β-unsaturated/α-hetero) is 1. The number of benzene rings is 1. The van der Waals surface area contributed by atoms with Crippen molar-refractivity contribution in [1.82, 2.24) is 0 Å². The maximum absolute atomic E-state index is 12.2. The number of aryl methyl sites for hydroxylation is 1. The third-order valence-electron chi connectivity index (χ3n) is 3.21. The van der Waals surface area contributed by atoms with E-state index in [4.69, 9.17) is 0 Å². The van der Waals surface area contributed by atoms with Gasteiger partial charge in [-0.05, 0) is 25.3 Å². The Bertz CT molecular complexity index is 440. The van der Waals surface area contributed by atoms with Crippen molar-refractivity contribution in [3.63, 3.8) is 0 Å². The van der Waals surface area contributed by atoms with Crippen LogP contribution in [0.25, 0.3) is 0 Å². The van der Waals surface area contributed by atoms with Crippen molar-refractivity contribution in [3.05, 3.63) is 35.4 Å². The number of carbonyl (C=O) groups is 1. The molecule has 0 N–H and O–H groups in total. The lowest BCUT2D eigenvalue weighted by atomic mass is 9.99. The summed E-state index contributed by atoms with van der Waals surface area (Å²) < 4.78 is 12.2. The predicted molar refractivity (Wildman–Crippen MR) is 70.3 cm³/mol. The maximum atomic E-state index is 12.2. The molecule has 1 aromatic carbocycles. The summed E-state index contributed by atoms with van der Waals surface area (Å²) in [6.07, 6.45) is 3.43. The van der Waals surface area contributed by atoms with Crippen LogP contribution in [0.5, 0.6) is 0 Å². The van der Waals surface area contributed by atoms with E-state index in [1.54, 1.807) is 0 Å². The highest BCUT2D eigenvalue weighted by atomic mass is 32.2. The second-order valence-corrected chi connectivity index (χ2v) is 6.33. The van der Waals surface area contributed by atoms with Gasteiger partial charge in [-0.3, -0.25) is 9.00 Å². The highest BCUT2D eigenvalue weighted by Crippen LogP contribution is 2.21. The van der Waals surface area contributed by atoms with Crippen LogP contribution in [0, 0.1) is 6.92 Å². The van der Waals surface area contributed by atoms with Gasteiger partial charge in [0.2, 0.25) is 0 Å². The second kappa shape index (κ2) is 5.58. The number of ketones is 1. The zero-order chi connectivity index (χ0) is 12.3. The monoisotopic (exact) mass is 250 g/mol. The van der Waals surface area contributed by atoms with Gasteiger partial charge in [0, 0.05) is 23.0 Å². The first-order chi connectivity index (χ1) is 8.16. The van der Waals surface area contributed by atoms with Crippen LogP contribution >= 0.6 is 0 Å². The average molecular weight is 250 g/mol. The summed E-state index contributed by atoms with van der Waals surface area (Å²) in [6, 6.07) is 8.03. The van der Waals surface area contributed by atoms with Gasteiger partial charge in [0.25, 0.3) is 0 Å². The van der Waals surface area contributed by atoms with E-state index in [2.05, 4.69) is 0 Å². The lowest BCUT2D eigenvalue weighted by Gasteiger charge is -2.19. The van der Waals surface area contributed by atoms with Crippen LogP contribution in [0.4, 0.5) is 0 Å². The molecule has 1 aromatic rings. The first-order valence-corrected chi connectivity index (χ1v) is 7.50. The molecule has 0 radical (unpaired) electrons. The zero-order valence-electron chi connectivity index (χ0n) is 10.1. The summed E-state index contributed by atoms with van der Waals surface area (Å²) in [5, 5.41) is -0.218. The van der Waals surface area contributed by atoms with Crippen molar-refractivity contribution >= 4 is 16.6 Å². The zero-order valence-corrected chi connectivity index (χ0v) is 11.0. The fourth-order valence-corrected chi connectivity index (χ4v) is 3.85. The van der Waals surface area contributed by atoms with Crippen molar-refractivity contribution in [1.29, 1.82) is 0 Å². The lowest BCUT2D eigenvalue weighted by Crippen LogP contribution is -2.29. The number of hydrogen-bond donors (Lipinski definition) is 0. The summed E-state index contributed by atoms with van der Waals surface area (Å²) in [4.78, 5) is 11.7. The Labute approximate surface area is 105 Å². The summed E-state index contributed by atoms with van der Waals surface area (Å²) in [5.74, 6) is 0.709. The van der Waals surface area contributed by atoms with Crippen LogP contribution in [-0.2, 0) is 21.3 Å². The van der Waals surface area contributed by atoms with E-state index in [-0.39, 0.29) is 11.0 Å². The van der Waals surface area contributed by atoms with Crippen LogP contribution < -0.4 is 0 Å². The van der Waals surface area contributed by atoms with Crippen LogP contribution in [0.3, 0.4) is 0 Å². The molecule has 1 fully saturated rings. The molecule has 92 valence electrons. The number of rotatable bonds is 3. The Morgan fingerprint density at radius 2 is 2.18 bits per heavy atom. The molecule has 1 saturated carbocycles. The highest BCUT2D eigenvalue weighted by Gasteiger charge is 2.27. The van der Waals surface area contributed by atoms with Crippen molar-refractivity contribution < 1.29 is 9.00 Å². The summed E-state index contributed by atoms with van der Waals surface area (Å²) >= 11 is 0. The average Bonchev–Trinajstić information content (AvgIpc) is 2.29. The Morgan fingerprint density at radius 3 is 2.88 bits per heavy atom. The van der Waals surface area contributed by atoms with Crippen molar-refractivity contribution in [2.75, 3.05) is 0 Å². The summed E-state index contributed by atoms with van der Waals surface area (Å²) in [7, 11) is -1.05. The van der Waals surface area contributed by atoms with E-state index in [9.17, 15) is 9.00 Å². The predicted octanol–water partition coefficient (Wildman–Crippen LogP) is 2.76. The maximum Gasteiger partial charge on any atom is 0.148 e. The number of hydrogen-bond acceptors (Lipinski definition) is 2. The molecule has 2 nitrogen and oxygen atoms in total. The van der Waals surface area contributed by atoms with Gasteiger partial charge >= 0.3 is 0 Å². The standard InChI is InChI=1S/C14H18O2S/c1-11-5-4-6-12(9-11)10-17(16)14-8-3-2-7-13(14)15/h4-6,9,14H,2-3,7-8,10H2,1H3. The molecule has 0 saturated heterocycles. The molecule has 2 atom stereocenters. The molecule has 0 heterocycles. The SMILES string of the molecule is Cc1cccc(CS(=O)C2CCCCC2=O)c1. The van der Waals surface area contributed by atoms with Gasteiger partial charge in [0.15, 0.2) is 0 Å². The quantitative estimate of drug-likeness (QED) is 0.826. The minimum Gasteiger partial charge on any atom is -0.298 e. The van der Waals surface area contributed by atoms with Gasteiger partial charge in [-0.1, -0.05) is 36.2 Å². The van der Waals surface area contributed by atoms with Crippen molar-refractivity contribution in [2.24, 2.45) is 0 Å². The first kappa shape index (κ1) is 12.5. The normalized spacial score (nSPS) is 22.4. The Kier molecular flexibility index (Phi) is 4.11. The molecular weight excluding hydrogens is 232 g/mol. The fraction of sp³-hybridized carbons (Fsp3) is 0.500. The molecular formula is C14H18O2S. The van der Waals surface area contributed by atoms with E-state index in [1.165, 1.54) is 5.56 Å². The highest BCUT2D eigenvalue weighted by molar-refractivity contribution is 7.85. The largest absolute Gasteiger partial charge is 0.298 e. The molecule has 17 heavy (non-hydrogen) atoms. The second-order valence-electron chi connectivity index (χ2n) is 4.71. The van der Waals surface area contributed by atoms with Crippen molar-refractivity contribution in [3.8, 4) is 0 Å². The minimum absolute atomic E-state index is 0.197. The first-order valence-electron chi connectivity index (χ1n) is 6.12. The molecule has 1 aliphatic carbocycles. The van der Waals surface area contributed by atoms with Crippen LogP contribution in [0.15, 0.2) is 24.3 Å². The Hall–Kier alpha value is -0.960. The van der Waals surface area contributed by atoms with Gasteiger partial charge in [-0.15, -0.1) is 0 Å². The molecule has 0 bridgehead atoms. The molecule has 0 aromatic heterocycles. The molecule has 2 unspecified atom stereocenters. The van der Waals surface area contributed by atoms with E-state index in [0.29, 0.717) is 12.2 Å². The van der Waals surface area contributed by atoms with Gasteiger partial charge in [-0.2, -0.15) is 0 Å². The Morgan fingerprint density at radius 1 is 1.35 bits per heavy atom. The molecule has 2 rings (SSSR count). The minimum atomic E-state index is -1.05. The Balaban J connectivity index is 2.03. The smallest absolute Gasteiger partial charge is 0.148 e. The third-order valence-corrected chi connectivity index (χ3v) is 4.96. The van der Waals surface area contributed by atoms with Gasteiger partial charge < -0.3 is 0 Å². The van der Waals surface area contributed by atoms with E-state index >= 15 is 0 Å². The molecule has 3 heteroatoms. The van der Waals surface area contributed by atoms with E-state index < -0.39 is 10.8 Å². The summed E-state index contributed by atoms with van der Waals surface area (Å²) in [6.45, 7) is 2.03. The van der Waals surface area contributed by atoms with Crippen LogP contribution in [-0.4, -0.2) is 15.2 Å². The van der Waals surface area contributed by atoms with Gasteiger partial charge in [0.05, 0.1) is 5.25 Å². The van der Waals surface area contributed by atoms with Gasteiger partial charge in [0.1, 0.15) is 5.78 Å². The summed E-state index contributed by atoms with van der Waals surface area (Å²) in [5.41, 5.74) is 2.25. The molecule has 0 amide bonds. The van der Waals surface area contributed by atoms with E-state index in [0.717, 1.165) is 24.8 Å². The number of carbonyl (C=O) groups excluding carboxylic acids is 1. The molecule has 1 aliphatic rings. The van der Waals surface area contributed by atoms with Crippen molar-refractivity contribution in [2.45, 2.75) is 43.6 Å². The topological polar surface area (TPSA) is 34.1 Å². The molecule has 0 spiro atoms. The van der Waals surface area contributed by atoms with Crippen LogP contribution in [0.1, 0.15) is 36.8 Å².